The summed E-state index contributed by atoms with van der Waals surface area (Å²) >= 11 is 0. The van der Waals surface area contributed by atoms with Gasteiger partial charge in [0.15, 0.2) is 6.61 Å². The summed E-state index contributed by atoms with van der Waals surface area (Å²) in [5.74, 6) is -1.33. The molecule has 0 fully saturated rings. The van der Waals surface area contributed by atoms with Gasteiger partial charge in [-0.3, -0.25) is 19.2 Å². The van der Waals surface area contributed by atoms with Gasteiger partial charge in [0, 0.05) is 11.3 Å². The lowest BCUT2D eigenvalue weighted by Gasteiger charge is -2.12. The van der Waals surface area contributed by atoms with Gasteiger partial charge in [-0.05, 0) is 36.4 Å². The van der Waals surface area contributed by atoms with Gasteiger partial charge in [0.25, 0.3) is 17.7 Å². The van der Waals surface area contributed by atoms with Gasteiger partial charge < -0.3 is 10.6 Å². The van der Waals surface area contributed by atoms with E-state index in [1.165, 1.54) is 0 Å². The molecule has 0 unspecified atom stereocenters. The zero-order chi connectivity index (χ0) is 20.5. The van der Waals surface area contributed by atoms with E-state index in [2.05, 4.69) is 16.1 Å². The molecule has 29 heavy (non-hydrogen) atoms. The molecule has 0 aliphatic rings. The van der Waals surface area contributed by atoms with E-state index < -0.39 is 18.4 Å². The summed E-state index contributed by atoms with van der Waals surface area (Å²) in [7, 11) is 0. The maximum atomic E-state index is 12.5. The molecule has 7 heteroatoms. The first-order chi connectivity index (χ1) is 14.1. The lowest BCUT2D eigenvalue weighted by Crippen LogP contribution is -2.29. The molecule has 0 bridgehead atoms. The van der Waals surface area contributed by atoms with Crippen LogP contribution in [0.15, 0.2) is 84.9 Å². The predicted octanol–water partition coefficient (Wildman–Crippen LogP) is 3.24. The molecule has 0 spiro atoms. The molecular weight excluding hydrogens is 370 g/mol. The highest BCUT2D eigenvalue weighted by Crippen LogP contribution is 2.17. The highest BCUT2D eigenvalue weighted by molar-refractivity contribution is 6.10. The molecule has 3 aromatic carbocycles. The van der Waals surface area contributed by atoms with E-state index in [0.717, 1.165) is 0 Å². The molecule has 146 valence electrons. The summed E-state index contributed by atoms with van der Waals surface area (Å²) < 4.78 is 0. The highest BCUT2D eigenvalue weighted by Gasteiger charge is 2.14. The second kappa shape index (κ2) is 9.82. The summed E-state index contributed by atoms with van der Waals surface area (Å²) in [5.41, 5.74) is 3.90. The van der Waals surface area contributed by atoms with Crippen molar-refractivity contribution in [3.63, 3.8) is 0 Å². The van der Waals surface area contributed by atoms with Crippen LogP contribution < -0.4 is 16.1 Å². The van der Waals surface area contributed by atoms with E-state index in [1.54, 1.807) is 66.7 Å². The monoisotopic (exact) mass is 389 g/mol. The van der Waals surface area contributed by atoms with Crippen molar-refractivity contribution in [3.8, 4) is 0 Å². The Morgan fingerprint density at radius 3 is 2.03 bits per heavy atom. The third-order valence-corrected chi connectivity index (χ3v) is 3.88. The van der Waals surface area contributed by atoms with Crippen LogP contribution in [0.3, 0.4) is 0 Å². The van der Waals surface area contributed by atoms with Crippen molar-refractivity contribution in [2.45, 2.75) is 0 Å². The smallest absolute Gasteiger partial charge is 0.274 e. The van der Waals surface area contributed by atoms with Crippen LogP contribution in [0.5, 0.6) is 0 Å². The quantitative estimate of drug-likeness (QED) is 0.541. The van der Waals surface area contributed by atoms with Crippen molar-refractivity contribution in [3.05, 3.63) is 96.1 Å². The summed E-state index contributed by atoms with van der Waals surface area (Å²) in [6.45, 7) is -0.410. The molecular formula is C22H19N3O4. The number of benzene rings is 3. The van der Waals surface area contributed by atoms with Gasteiger partial charge in [-0.15, -0.1) is 0 Å². The number of amides is 3. The fourth-order valence-electron chi connectivity index (χ4n) is 2.51. The molecule has 3 N–H and O–H groups in total. The van der Waals surface area contributed by atoms with Gasteiger partial charge in [0.1, 0.15) is 0 Å². The average Bonchev–Trinajstić information content (AvgIpc) is 2.75. The van der Waals surface area contributed by atoms with Gasteiger partial charge in [-0.1, -0.05) is 48.5 Å². The van der Waals surface area contributed by atoms with Gasteiger partial charge in [-0.25, -0.2) is 5.48 Å². The number of hydrogen-bond acceptors (Lipinski definition) is 4. The maximum absolute atomic E-state index is 12.5. The Labute approximate surface area is 167 Å². The standard InChI is InChI=1S/C22H19N3O4/c26-20(15-29-25-21(27)16-9-3-1-4-10-16)24-19-14-8-7-13-18(19)22(28)23-17-11-5-2-6-12-17/h1-14H,15H2,(H,23,28)(H,24,26)(H,25,27). The third-order valence-electron chi connectivity index (χ3n) is 3.88. The minimum atomic E-state index is -0.515. The minimum Gasteiger partial charge on any atom is -0.323 e. The lowest BCUT2D eigenvalue weighted by atomic mass is 10.1. The van der Waals surface area contributed by atoms with Crippen molar-refractivity contribution in [1.82, 2.24) is 5.48 Å². The number of carbonyl (C=O) groups excluding carboxylic acids is 3. The number of nitrogens with one attached hydrogen (secondary N) is 3. The Morgan fingerprint density at radius 1 is 0.690 bits per heavy atom. The molecule has 0 radical (unpaired) electrons. The molecule has 0 aromatic heterocycles. The SMILES string of the molecule is O=C(CONC(=O)c1ccccc1)Nc1ccccc1C(=O)Nc1ccccc1. The Bertz CT molecular complexity index is 991. The van der Waals surface area contributed by atoms with Gasteiger partial charge in [-0.2, -0.15) is 0 Å². The lowest BCUT2D eigenvalue weighted by molar-refractivity contribution is -0.122. The minimum absolute atomic E-state index is 0.304. The van der Waals surface area contributed by atoms with Crippen molar-refractivity contribution in [1.29, 1.82) is 0 Å². The van der Waals surface area contributed by atoms with E-state index >= 15 is 0 Å². The van der Waals surface area contributed by atoms with Crippen LogP contribution in [0.2, 0.25) is 0 Å². The molecule has 0 saturated heterocycles. The van der Waals surface area contributed by atoms with E-state index in [1.807, 2.05) is 18.2 Å². The highest BCUT2D eigenvalue weighted by atomic mass is 16.7. The second-order valence-corrected chi connectivity index (χ2v) is 6.00. The van der Waals surface area contributed by atoms with Crippen LogP contribution in [0.1, 0.15) is 20.7 Å². The zero-order valence-corrected chi connectivity index (χ0v) is 15.4. The Hall–Kier alpha value is -3.97. The average molecular weight is 389 g/mol. The molecule has 0 aliphatic carbocycles. The molecule has 0 saturated carbocycles. The van der Waals surface area contributed by atoms with Crippen LogP contribution in [-0.2, 0) is 9.63 Å². The van der Waals surface area contributed by atoms with E-state index in [9.17, 15) is 14.4 Å². The first-order valence-corrected chi connectivity index (χ1v) is 8.86. The number of hydroxylamine groups is 1. The van der Waals surface area contributed by atoms with E-state index in [0.29, 0.717) is 22.5 Å². The Balaban J connectivity index is 1.55. The first-order valence-electron chi connectivity index (χ1n) is 8.86. The van der Waals surface area contributed by atoms with Crippen molar-refractivity contribution < 1.29 is 19.2 Å². The fraction of sp³-hybridized carbons (Fsp3) is 0.0455. The summed E-state index contributed by atoms with van der Waals surface area (Å²) in [4.78, 5) is 41.5. The first kappa shape index (κ1) is 19.8. The van der Waals surface area contributed by atoms with Crippen molar-refractivity contribution in [2.24, 2.45) is 0 Å². The molecule has 0 heterocycles. The summed E-state index contributed by atoms with van der Waals surface area (Å²) in [6.07, 6.45) is 0. The van der Waals surface area contributed by atoms with E-state index in [4.69, 9.17) is 4.84 Å². The summed E-state index contributed by atoms with van der Waals surface area (Å²) in [5, 5.41) is 5.38. The van der Waals surface area contributed by atoms with Crippen LogP contribution in [0, 0.1) is 0 Å². The largest absolute Gasteiger partial charge is 0.323 e. The van der Waals surface area contributed by atoms with Crippen molar-refractivity contribution >= 4 is 29.1 Å². The molecule has 3 rings (SSSR count). The third kappa shape index (κ3) is 5.75. The number of hydrogen-bond donors (Lipinski definition) is 3. The van der Waals surface area contributed by atoms with Crippen LogP contribution in [0.4, 0.5) is 11.4 Å². The van der Waals surface area contributed by atoms with Gasteiger partial charge in [0.05, 0.1) is 11.3 Å². The molecule has 7 nitrogen and oxygen atoms in total. The number of carbonyl (C=O) groups is 3. The van der Waals surface area contributed by atoms with Gasteiger partial charge in [0.2, 0.25) is 0 Å². The number of rotatable bonds is 7. The summed E-state index contributed by atoms with van der Waals surface area (Å²) in [6, 6.07) is 24.1. The topological polar surface area (TPSA) is 96.5 Å². The van der Waals surface area contributed by atoms with Gasteiger partial charge >= 0.3 is 0 Å². The normalized spacial score (nSPS) is 10.1. The van der Waals surface area contributed by atoms with Crippen LogP contribution >= 0.6 is 0 Å². The fourth-order valence-corrected chi connectivity index (χ4v) is 2.51. The van der Waals surface area contributed by atoms with Crippen LogP contribution in [0.25, 0.3) is 0 Å². The second-order valence-electron chi connectivity index (χ2n) is 6.00. The number of anilines is 2. The molecule has 3 amide bonds. The number of para-hydroxylation sites is 2. The van der Waals surface area contributed by atoms with E-state index in [-0.39, 0.29) is 5.91 Å². The maximum Gasteiger partial charge on any atom is 0.274 e. The Morgan fingerprint density at radius 2 is 1.31 bits per heavy atom. The van der Waals surface area contributed by atoms with Crippen molar-refractivity contribution in [2.75, 3.05) is 17.2 Å². The predicted molar refractivity (Wildman–Crippen MR) is 109 cm³/mol. The van der Waals surface area contributed by atoms with Crippen LogP contribution in [-0.4, -0.2) is 24.3 Å². The zero-order valence-electron chi connectivity index (χ0n) is 15.4. The molecule has 3 aromatic rings. The molecule has 0 atom stereocenters. The Kier molecular flexibility index (Phi) is 6.70. The molecule has 0 aliphatic heterocycles.